The molecule has 0 unspecified atom stereocenters. The summed E-state index contributed by atoms with van der Waals surface area (Å²) in [5, 5.41) is 2.65. The van der Waals surface area contributed by atoms with Gasteiger partial charge < -0.3 is 10.2 Å². The third kappa shape index (κ3) is 1.85. The van der Waals surface area contributed by atoms with Crippen molar-refractivity contribution in [2.24, 2.45) is 0 Å². The fourth-order valence-electron chi connectivity index (χ4n) is 0.994. The average Bonchev–Trinajstić information content (AvgIpc) is 2.15. The van der Waals surface area contributed by atoms with E-state index in [1.807, 2.05) is 0 Å². The number of anilines is 2. The predicted molar refractivity (Wildman–Crippen MR) is 53.9 cm³/mol. The van der Waals surface area contributed by atoms with Crippen molar-refractivity contribution in [3.63, 3.8) is 0 Å². The van der Waals surface area contributed by atoms with Crippen LogP contribution in [-0.4, -0.2) is 30.5 Å². The van der Waals surface area contributed by atoms with Crippen molar-refractivity contribution >= 4 is 29.5 Å². The number of halogens is 1. The zero-order valence-corrected chi connectivity index (χ0v) is 8.42. The van der Waals surface area contributed by atoms with E-state index >= 15 is 0 Å². The zero-order chi connectivity index (χ0) is 10.7. The van der Waals surface area contributed by atoms with Gasteiger partial charge in [0.25, 0.3) is 5.56 Å². The predicted octanol–water partition coefficient (Wildman–Crippen LogP) is 0.0576. The molecule has 14 heavy (non-hydrogen) atoms. The number of aromatic nitrogens is 2. The van der Waals surface area contributed by atoms with Crippen LogP contribution in [0, 0.1) is 0 Å². The molecular weight excluding hydrogens is 208 g/mol. The molecule has 0 atom stereocenters. The van der Waals surface area contributed by atoms with Crippen LogP contribution >= 0.6 is 11.6 Å². The molecule has 6 nitrogen and oxygen atoms in total. The Bertz CT molecular complexity index is 403. The number of carbonyl (C=O) groups excluding carboxylic acids is 1. The molecule has 76 valence electrons. The average molecular weight is 217 g/mol. The summed E-state index contributed by atoms with van der Waals surface area (Å²) in [7, 11) is 3.04. The highest BCUT2D eigenvalue weighted by Crippen LogP contribution is 2.16. The number of carbonyl (C=O) groups is 1. The fraction of sp³-hybridized carbons (Fsp3) is 0.286. The number of nitrogens with one attached hydrogen (secondary N) is 2. The molecule has 1 rings (SSSR count). The van der Waals surface area contributed by atoms with Crippen molar-refractivity contribution in [1.82, 2.24) is 9.97 Å². The number of rotatable bonds is 3. The molecule has 1 aromatic rings. The SMILES string of the molecule is CNc1nc(Cl)[nH]c(=O)c1N(C)C=O. The summed E-state index contributed by atoms with van der Waals surface area (Å²) >= 11 is 5.54. The Kier molecular flexibility index (Phi) is 3.08. The second-order valence-electron chi connectivity index (χ2n) is 2.52. The highest BCUT2D eigenvalue weighted by molar-refractivity contribution is 6.28. The number of hydrogen-bond donors (Lipinski definition) is 2. The van der Waals surface area contributed by atoms with Crippen molar-refractivity contribution < 1.29 is 4.79 Å². The lowest BCUT2D eigenvalue weighted by Gasteiger charge is -2.13. The van der Waals surface area contributed by atoms with Crippen molar-refractivity contribution in [1.29, 1.82) is 0 Å². The van der Waals surface area contributed by atoms with Crippen LogP contribution in [0.3, 0.4) is 0 Å². The highest BCUT2D eigenvalue weighted by Gasteiger charge is 2.13. The van der Waals surface area contributed by atoms with Gasteiger partial charge in [-0.3, -0.25) is 14.6 Å². The third-order valence-electron chi connectivity index (χ3n) is 1.61. The maximum Gasteiger partial charge on any atom is 0.278 e. The summed E-state index contributed by atoms with van der Waals surface area (Å²) < 4.78 is 0. The van der Waals surface area contributed by atoms with Gasteiger partial charge in [-0.25, -0.2) is 0 Å². The molecule has 0 aromatic carbocycles. The van der Waals surface area contributed by atoms with E-state index in [0.717, 1.165) is 4.90 Å². The van der Waals surface area contributed by atoms with Gasteiger partial charge in [-0.1, -0.05) is 0 Å². The number of hydrogen-bond acceptors (Lipinski definition) is 4. The topological polar surface area (TPSA) is 78.1 Å². The summed E-state index contributed by atoms with van der Waals surface area (Å²) in [6, 6.07) is 0. The van der Waals surface area contributed by atoms with E-state index in [4.69, 9.17) is 11.6 Å². The number of aromatic amines is 1. The van der Waals surface area contributed by atoms with Gasteiger partial charge in [-0.05, 0) is 11.6 Å². The Morgan fingerprint density at radius 3 is 2.79 bits per heavy atom. The summed E-state index contributed by atoms with van der Waals surface area (Å²) in [5.74, 6) is 0.258. The quantitative estimate of drug-likeness (QED) is 0.553. The lowest BCUT2D eigenvalue weighted by Crippen LogP contribution is -2.25. The highest BCUT2D eigenvalue weighted by atomic mass is 35.5. The summed E-state index contributed by atoms with van der Waals surface area (Å²) in [5.41, 5.74) is -0.337. The molecule has 0 saturated heterocycles. The Morgan fingerprint density at radius 1 is 1.64 bits per heavy atom. The smallest absolute Gasteiger partial charge is 0.278 e. The van der Waals surface area contributed by atoms with E-state index in [9.17, 15) is 9.59 Å². The van der Waals surface area contributed by atoms with Crippen molar-refractivity contribution in [2.75, 3.05) is 24.3 Å². The van der Waals surface area contributed by atoms with Gasteiger partial charge in [-0.2, -0.15) is 4.98 Å². The molecular formula is C7H9ClN4O2. The molecule has 0 radical (unpaired) electrons. The minimum Gasteiger partial charge on any atom is -0.371 e. The normalized spacial score (nSPS) is 9.64. The van der Waals surface area contributed by atoms with Crippen LogP contribution in [0.25, 0.3) is 0 Å². The molecule has 0 aliphatic heterocycles. The van der Waals surface area contributed by atoms with E-state index in [2.05, 4.69) is 15.3 Å². The van der Waals surface area contributed by atoms with Gasteiger partial charge in [0.2, 0.25) is 11.7 Å². The Hall–Kier alpha value is -1.56. The standard InChI is InChI=1S/C7H9ClN4O2/c1-9-5-4(12(2)3-13)6(14)11-7(8)10-5/h3H,1-2H3,(H2,9,10,11,14). The molecule has 0 bridgehead atoms. The minimum atomic E-state index is -0.469. The van der Waals surface area contributed by atoms with Gasteiger partial charge in [0, 0.05) is 14.1 Å². The minimum absolute atomic E-state index is 0.0256. The lowest BCUT2D eigenvalue weighted by atomic mass is 10.4. The van der Waals surface area contributed by atoms with Crippen molar-refractivity contribution in [3.05, 3.63) is 15.6 Å². The van der Waals surface area contributed by atoms with Crippen molar-refractivity contribution in [3.8, 4) is 0 Å². The maximum absolute atomic E-state index is 11.4. The maximum atomic E-state index is 11.4. The summed E-state index contributed by atoms with van der Waals surface area (Å²) in [6.45, 7) is 0. The van der Waals surface area contributed by atoms with E-state index in [1.165, 1.54) is 7.05 Å². The Labute approximate surface area is 84.9 Å². The number of H-pyrrole nitrogens is 1. The van der Waals surface area contributed by atoms with Crippen LogP contribution < -0.4 is 15.8 Å². The number of nitrogens with zero attached hydrogens (tertiary/aromatic N) is 2. The van der Waals surface area contributed by atoms with E-state index in [0.29, 0.717) is 6.41 Å². The molecule has 0 spiro atoms. The first-order valence-corrected chi connectivity index (χ1v) is 4.13. The van der Waals surface area contributed by atoms with Gasteiger partial charge in [0.1, 0.15) is 0 Å². The van der Waals surface area contributed by atoms with Crippen LogP contribution in [0.5, 0.6) is 0 Å². The van der Waals surface area contributed by atoms with Gasteiger partial charge in [0.15, 0.2) is 11.5 Å². The largest absolute Gasteiger partial charge is 0.371 e. The second-order valence-corrected chi connectivity index (χ2v) is 2.88. The van der Waals surface area contributed by atoms with Crippen LogP contribution in [0.4, 0.5) is 11.5 Å². The van der Waals surface area contributed by atoms with Crippen LogP contribution in [0.15, 0.2) is 4.79 Å². The molecule has 7 heteroatoms. The summed E-state index contributed by atoms with van der Waals surface area (Å²) in [4.78, 5) is 29.1. The third-order valence-corrected chi connectivity index (χ3v) is 1.79. The first-order chi connectivity index (χ1) is 6.60. The first-order valence-electron chi connectivity index (χ1n) is 3.76. The zero-order valence-electron chi connectivity index (χ0n) is 7.67. The van der Waals surface area contributed by atoms with Gasteiger partial charge in [0.05, 0.1) is 0 Å². The van der Waals surface area contributed by atoms with Crippen LogP contribution in [0.1, 0.15) is 0 Å². The van der Waals surface area contributed by atoms with Gasteiger partial charge >= 0.3 is 0 Å². The molecule has 0 fully saturated rings. The monoisotopic (exact) mass is 216 g/mol. The first kappa shape index (κ1) is 10.5. The molecule has 0 saturated carbocycles. The van der Waals surface area contributed by atoms with E-state index < -0.39 is 5.56 Å². The van der Waals surface area contributed by atoms with E-state index in [1.54, 1.807) is 7.05 Å². The van der Waals surface area contributed by atoms with Crippen LogP contribution in [0.2, 0.25) is 5.28 Å². The molecule has 0 aliphatic rings. The molecule has 1 aromatic heterocycles. The van der Waals surface area contributed by atoms with Gasteiger partial charge in [-0.15, -0.1) is 0 Å². The lowest BCUT2D eigenvalue weighted by molar-refractivity contribution is -0.107. The molecule has 1 heterocycles. The van der Waals surface area contributed by atoms with Crippen molar-refractivity contribution in [2.45, 2.75) is 0 Å². The molecule has 0 aliphatic carbocycles. The van der Waals surface area contributed by atoms with Crippen LogP contribution in [-0.2, 0) is 4.79 Å². The molecule has 2 N–H and O–H groups in total. The second kappa shape index (κ2) is 4.10. The Morgan fingerprint density at radius 2 is 2.29 bits per heavy atom. The number of amides is 1. The molecule has 1 amide bonds. The summed E-state index contributed by atoms with van der Waals surface area (Å²) in [6.07, 6.45) is 0.515. The van der Waals surface area contributed by atoms with E-state index in [-0.39, 0.29) is 16.8 Å². The Balaban J connectivity index is 3.39. The fourth-order valence-corrected chi connectivity index (χ4v) is 1.16.